The molecule has 0 aliphatic heterocycles. The molecule has 1 aromatic rings. The molecule has 0 atom stereocenters. The smallest absolute Gasteiger partial charge is 0.232 e. The molecule has 7 heteroatoms. The number of aliphatic hydroxyl groups is 1. The Morgan fingerprint density at radius 2 is 1.94 bits per heavy atom. The summed E-state index contributed by atoms with van der Waals surface area (Å²) in [5.74, 6) is -0.829. The van der Waals surface area contributed by atoms with E-state index >= 15 is 0 Å². The number of rotatable bonds is 5. The number of benzene rings is 1. The first-order chi connectivity index (χ1) is 7.86. The fraction of sp³-hybridized carbons (Fsp3) is 0.300. The van der Waals surface area contributed by atoms with Crippen molar-refractivity contribution in [3.63, 3.8) is 0 Å². The van der Waals surface area contributed by atoms with Crippen molar-refractivity contribution < 1.29 is 18.6 Å². The van der Waals surface area contributed by atoms with Gasteiger partial charge in [-0.2, -0.15) is 0 Å². The van der Waals surface area contributed by atoms with Gasteiger partial charge in [0, 0.05) is 0 Å². The van der Waals surface area contributed by atoms with E-state index in [1.165, 1.54) is 24.3 Å². The third-order valence-electron chi connectivity index (χ3n) is 2.12. The van der Waals surface area contributed by atoms with Crippen molar-refractivity contribution in [3.05, 3.63) is 29.8 Å². The molecule has 0 saturated heterocycles. The van der Waals surface area contributed by atoms with Gasteiger partial charge in [0.25, 0.3) is 0 Å². The maximum atomic E-state index is 11.5. The molecule has 0 aliphatic rings. The van der Waals surface area contributed by atoms with Gasteiger partial charge in [-0.25, -0.2) is 8.42 Å². The van der Waals surface area contributed by atoms with Crippen LogP contribution in [-0.4, -0.2) is 38.8 Å². The van der Waals surface area contributed by atoms with E-state index < -0.39 is 15.9 Å². The van der Waals surface area contributed by atoms with Crippen molar-refractivity contribution in [2.75, 3.05) is 23.7 Å². The molecule has 6 nitrogen and oxygen atoms in total. The standard InChI is InChI=1S/C10H14N2O4S/c1-17(15,16)12(6-7-13)9-4-2-8(3-5-9)10(11)14/h2-5,13H,6-7H2,1H3,(H2,11,14)/p-1. The average molecular weight is 257 g/mol. The molecule has 0 spiro atoms. The summed E-state index contributed by atoms with van der Waals surface area (Å²) in [5.41, 5.74) is 0.540. The Morgan fingerprint density at radius 1 is 1.41 bits per heavy atom. The molecule has 0 bridgehead atoms. The normalized spacial score (nSPS) is 11.2. The molecule has 1 aromatic carbocycles. The fourth-order valence-electron chi connectivity index (χ4n) is 1.36. The first-order valence-electron chi connectivity index (χ1n) is 4.81. The van der Waals surface area contributed by atoms with E-state index in [1.807, 2.05) is 0 Å². The Hall–Kier alpha value is -1.60. The third-order valence-corrected chi connectivity index (χ3v) is 3.31. The Morgan fingerprint density at radius 3 is 2.29 bits per heavy atom. The average Bonchev–Trinajstić information content (AvgIpc) is 2.24. The number of sulfonamides is 1. The minimum Gasteiger partial charge on any atom is -0.859 e. The minimum atomic E-state index is -3.47. The number of hydrogen-bond donors (Lipinski definition) is 2. The van der Waals surface area contributed by atoms with E-state index in [2.05, 4.69) is 0 Å². The van der Waals surface area contributed by atoms with E-state index in [0.29, 0.717) is 5.69 Å². The summed E-state index contributed by atoms with van der Waals surface area (Å²) in [7, 11) is -3.47. The van der Waals surface area contributed by atoms with Gasteiger partial charge in [0.15, 0.2) is 0 Å². The molecule has 1 rings (SSSR count). The summed E-state index contributed by atoms with van der Waals surface area (Å²) in [4.78, 5) is 0. The summed E-state index contributed by atoms with van der Waals surface area (Å²) in [6.07, 6.45) is 1.03. The molecule has 0 aliphatic carbocycles. The molecular weight excluding hydrogens is 244 g/mol. The SMILES string of the molecule is CS(=O)(=O)N(CCO)c1ccc(C(=N)[O-])cc1. The number of hydrogen-bond acceptors (Lipinski definition) is 5. The molecule has 0 radical (unpaired) electrons. The largest absolute Gasteiger partial charge is 0.859 e. The summed E-state index contributed by atoms with van der Waals surface area (Å²) < 4.78 is 23.9. The van der Waals surface area contributed by atoms with Crippen LogP contribution in [0, 0.1) is 5.41 Å². The van der Waals surface area contributed by atoms with Gasteiger partial charge in [0.05, 0.1) is 25.1 Å². The highest BCUT2D eigenvalue weighted by atomic mass is 32.2. The number of nitrogens with one attached hydrogen (secondary N) is 1. The first kappa shape index (κ1) is 13.5. The second-order valence-electron chi connectivity index (χ2n) is 3.43. The van der Waals surface area contributed by atoms with Gasteiger partial charge in [0.2, 0.25) is 10.0 Å². The number of anilines is 1. The molecule has 17 heavy (non-hydrogen) atoms. The topological polar surface area (TPSA) is 105 Å². The number of aliphatic hydroxyl groups excluding tert-OH is 1. The summed E-state index contributed by atoms with van der Waals surface area (Å²) in [5, 5.41) is 26.4. The highest BCUT2D eigenvalue weighted by Gasteiger charge is 2.16. The molecule has 94 valence electrons. The van der Waals surface area contributed by atoms with Gasteiger partial charge in [-0.1, -0.05) is 12.1 Å². The van der Waals surface area contributed by atoms with Crippen LogP contribution < -0.4 is 9.41 Å². The molecule has 0 unspecified atom stereocenters. The quantitative estimate of drug-likeness (QED) is 0.528. The molecular formula is C10H13N2O4S-. The maximum absolute atomic E-state index is 11.5. The second kappa shape index (κ2) is 5.15. The third kappa shape index (κ3) is 3.43. The molecule has 0 aromatic heterocycles. The summed E-state index contributed by atoms with van der Waals surface area (Å²) >= 11 is 0. The summed E-state index contributed by atoms with van der Waals surface area (Å²) in [6, 6.07) is 5.61. The van der Waals surface area contributed by atoms with Gasteiger partial charge in [0.1, 0.15) is 0 Å². The highest BCUT2D eigenvalue weighted by Crippen LogP contribution is 2.17. The van der Waals surface area contributed by atoms with Crippen molar-refractivity contribution in [2.24, 2.45) is 0 Å². The first-order valence-corrected chi connectivity index (χ1v) is 6.65. The lowest BCUT2D eigenvalue weighted by Crippen LogP contribution is -2.32. The van der Waals surface area contributed by atoms with Gasteiger partial charge >= 0.3 is 0 Å². The molecule has 0 saturated carbocycles. The molecule has 2 N–H and O–H groups in total. The summed E-state index contributed by atoms with van der Waals surface area (Å²) in [6.45, 7) is -0.348. The van der Waals surface area contributed by atoms with E-state index in [0.717, 1.165) is 10.6 Å². The van der Waals surface area contributed by atoms with Crippen molar-refractivity contribution in [3.8, 4) is 0 Å². The van der Waals surface area contributed by atoms with E-state index in [1.54, 1.807) is 0 Å². The Labute approximate surface area is 99.7 Å². The second-order valence-corrected chi connectivity index (χ2v) is 5.34. The van der Waals surface area contributed by atoms with Crippen LogP contribution in [0.15, 0.2) is 24.3 Å². The van der Waals surface area contributed by atoms with E-state index in [-0.39, 0.29) is 18.7 Å². The Balaban J connectivity index is 3.08. The van der Waals surface area contributed by atoms with E-state index in [4.69, 9.17) is 10.5 Å². The Bertz CT molecular complexity index is 496. The lowest BCUT2D eigenvalue weighted by molar-refractivity contribution is -0.214. The lowest BCUT2D eigenvalue weighted by Gasteiger charge is -2.21. The van der Waals surface area contributed by atoms with Crippen molar-refractivity contribution in [2.45, 2.75) is 0 Å². The monoisotopic (exact) mass is 257 g/mol. The zero-order chi connectivity index (χ0) is 13.1. The van der Waals surface area contributed by atoms with Crippen molar-refractivity contribution >= 4 is 21.6 Å². The van der Waals surface area contributed by atoms with Crippen LogP contribution in [0.1, 0.15) is 5.56 Å². The zero-order valence-corrected chi connectivity index (χ0v) is 10.1. The minimum absolute atomic E-state index is 0.0486. The van der Waals surface area contributed by atoms with E-state index in [9.17, 15) is 13.5 Å². The van der Waals surface area contributed by atoms with Crippen LogP contribution in [0.3, 0.4) is 0 Å². The van der Waals surface area contributed by atoms with Gasteiger partial charge in [-0.15, -0.1) is 0 Å². The van der Waals surface area contributed by atoms with Gasteiger partial charge < -0.3 is 15.6 Å². The lowest BCUT2D eigenvalue weighted by atomic mass is 10.2. The molecule has 0 fully saturated rings. The fourth-order valence-corrected chi connectivity index (χ4v) is 2.27. The highest BCUT2D eigenvalue weighted by molar-refractivity contribution is 7.92. The van der Waals surface area contributed by atoms with Crippen molar-refractivity contribution in [1.29, 1.82) is 5.41 Å². The van der Waals surface area contributed by atoms with Gasteiger partial charge in [-0.3, -0.25) is 4.31 Å². The van der Waals surface area contributed by atoms with Crippen LogP contribution in [0.2, 0.25) is 0 Å². The predicted octanol–water partition coefficient (Wildman–Crippen LogP) is -0.869. The Kier molecular flexibility index (Phi) is 4.08. The van der Waals surface area contributed by atoms with Crippen LogP contribution in [0.25, 0.3) is 0 Å². The van der Waals surface area contributed by atoms with Crippen LogP contribution in [0.4, 0.5) is 5.69 Å². The van der Waals surface area contributed by atoms with Crippen LogP contribution in [-0.2, 0) is 10.0 Å². The molecule has 0 heterocycles. The number of nitrogens with zero attached hydrogens (tertiary/aromatic N) is 1. The van der Waals surface area contributed by atoms with Crippen LogP contribution in [0.5, 0.6) is 0 Å². The molecule has 0 amide bonds. The van der Waals surface area contributed by atoms with Gasteiger partial charge in [-0.05, 0) is 23.6 Å². The van der Waals surface area contributed by atoms with Crippen molar-refractivity contribution in [1.82, 2.24) is 0 Å². The zero-order valence-electron chi connectivity index (χ0n) is 9.25. The maximum Gasteiger partial charge on any atom is 0.232 e. The predicted molar refractivity (Wildman–Crippen MR) is 62.5 cm³/mol. The van der Waals surface area contributed by atoms with Crippen LogP contribution >= 0.6 is 0 Å².